The Morgan fingerprint density at radius 1 is 0.750 bits per heavy atom. The van der Waals surface area contributed by atoms with Crippen LogP contribution in [0.5, 0.6) is 0 Å². The van der Waals surface area contributed by atoms with Crippen molar-refractivity contribution in [3.05, 3.63) is 0 Å². The zero-order valence-electron chi connectivity index (χ0n) is 22.7. The Balaban J connectivity index is 3.58. The Kier molecular flexibility index (Phi) is 23.7. The molecule has 0 aromatic carbocycles. The van der Waals surface area contributed by atoms with Crippen LogP contribution in [0.25, 0.3) is 0 Å². The predicted molar refractivity (Wildman–Crippen MR) is 142 cm³/mol. The molecule has 2 atom stereocenters. The number of phosphoric ester groups is 1. The van der Waals surface area contributed by atoms with Crippen molar-refractivity contribution >= 4 is 19.7 Å². The van der Waals surface area contributed by atoms with Gasteiger partial charge in [-0.3, -0.25) is 18.6 Å². The number of amides is 1. The summed E-state index contributed by atoms with van der Waals surface area (Å²) in [5.41, 5.74) is 0. The summed E-state index contributed by atoms with van der Waals surface area (Å²) in [6.07, 6.45) is 17.2. The summed E-state index contributed by atoms with van der Waals surface area (Å²) < 4.78 is 26.2. The standard InChI is InChI=1S/C26H52NO8P/c1-3-5-7-8-9-10-11-12-13-14-15-16-17-18-25(29)27-20-21-34-36(31,32)35-23-24(28)22-33-26(30)19-6-4-2/h24,28H,3-23H2,1-2H3,(H,27,29)(H,31,32). The van der Waals surface area contributed by atoms with Crippen molar-refractivity contribution in [1.82, 2.24) is 5.32 Å². The molecule has 0 aromatic heterocycles. The number of ether oxygens (including phenoxy) is 1. The third-order valence-electron chi connectivity index (χ3n) is 5.79. The van der Waals surface area contributed by atoms with Gasteiger partial charge in [-0.2, -0.15) is 0 Å². The monoisotopic (exact) mass is 537 g/mol. The highest BCUT2D eigenvalue weighted by Gasteiger charge is 2.23. The van der Waals surface area contributed by atoms with Gasteiger partial charge < -0.3 is 20.1 Å². The number of hydrogen-bond acceptors (Lipinski definition) is 7. The van der Waals surface area contributed by atoms with Gasteiger partial charge >= 0.3 is 13.8 Å². The lowest BCUT2D eigenvalue weighted by Gasteiger charge is -2.15. The minimum absolute atomic E-state index is 0.0861. The van der Waals surface area contributed by atoms with Crippen molar-refractivity contribution in [2.75, 3.05) is 26.4 Å². The molecular weight excluding hydrogens is 485 g/mol. The fourth-order valence-corrected chi connectivity index (χ4v) is 4.35. The van der Waals surface area contributed by atoms with E-state index < -0.39 is 26.5 Å². The zero-order valence-corrected chi connectivity index (χ0v) is 23.6. The summed E-state index contributed by atoms with van der Waals surface area (Å²) in [5, 5.41) is 12.4. The molecule has 9 nitrogen and oxygen atoms in total. The molecule has 0 spiro atoms. The van der Waals surface area contributed by atoms with Crippen molar-refractivity contribution in [1.29, 1.82) is 0 Å². The molecular formula is C26H52NO8P. The number of unbranched alkanes of at least 4 members (excludes halogenated alkanes) is 13. The van der Waals surface area contributed by atoms with Gasteiger partial charge in [0.05, 0.1) is 13.2 Å². The van der Waals surface area contributed by atoms with Crippen LogP contribution in [0.2, 0.25) is 0 Å². The summed E-state index contributed by atoms with van der Waals surface area (Å²) >= 11 is 0. The van der Waals surface area contributed by atoms with Gasteiger partial charge in [0.25, 0.3) is 0 Å². The molecule has 0 aliphatic rings. The molecule has 0 rings (SSSR count). The van der Waals surface area contributed by atoms with Crippen molar-refractivity contribution in [3.8, 4) is 0 Å². The maximum Gasteiger partial charge on any atom is 0.472 e. The highest BCUT2D eigenvalue weighted by molar-refractivity contribution is 7.47. The molecule has 2 unspecified atom stereocenters. The van der Waals surface area contributed by atoms with E-state index in [0.29, 0.717) is 12.8 Å². The number of rotatable bonds is 26. The number of phosphoric acid groups is 1. The van der Waals surface area contributed by atoms with Gasteiger partial charge in [0.2, 0.25) is 5.91 Å². The summed E-state index contributed by atoms with van der Waals surface area (Å²) in [7, 11) is -4.37. The number of esters is 1. The fraction of sp³-hybridized carbons (Fsp3) is 0.923. The van der Waals surface area contributed by atoms with Crippen LogP contribution in [0, 0.1) is 0 Å². The lowest BCUT2D eigenvalue weighted by molar-refractivity contribution is -0.147. The molecule has 0 heterocycles. The van der Waals surface area contributed by atoms with Crippen LogP contribution in [0.15, 0.2) is 0 Å². The summed E-state index contributed by atoms with van der Waals surface area (Å²) in [6.45, 7) is 3.24. The fourth-order valence-electron chi connectivity index (χ4n) is 3.59. The van der Waals surface area contributed by atoms with Gasteiger partial charge in [0, 0.05) is 19.4 Å². The number of carbonyl (C=O) groups is 2. The van der Waals surface area contributed by atoms with Crippen LogP contribution in [0.1, 0.15) is 123 Å². The molecule has 214 valence electrons. The van der Waals surface area contributed by atoms with Crippen molar-refractivity contribution in [3.63, 3.8) is 0 Å². The van der Waals surface area contributed by atoms with Crippen LogP contribution in [0.4, 0.5) is 0 Å². The van der Waals surface area contributed by atoms with Crippen LogP contribution in [-0.4, -0.2) is 54.3 Å². The topological polar surface area (TPSA) is 131 Å². The average molecular weight is 538 g/mol. The first kappa shape index (κ1) is 35.0. The van der Waals surface area contributed by atoms with Gasteiger partial charge in [-0.25, -0.2) is 4.57 Å². The van der Waals surface area contributed by atoms with E-state index in [9.17, 15) is 24.2 Å². The lowest BCUT2D eigenvalue weighted by atomic mass is 10.0. The van der Waals surface area contributed by atoms with E-state index in [2.05, 4.69) is 12.2 Å². The van der Waals surface area contributed by atoms with Gasteiger partial charge in [-0.1, -0.05) is 97.3 Å². The lowest BCUT2D eigenvalue weighted by Crippen LogP contribution is -2.27. The zero-order chi connectivity index (χ0) is 26.9. The number of aliphatic hydroxyl groups is 1. The Labute approximate surface area is 218 Å². The van der Waals surface area contributed by atoms with E-state index in [4.69, 9.17) is 13.8 Å². The normalized spacial score (nSPS) is 13.8. The van der Waals surface area contributed by atoms with E-state index in [0.717, 1.165) is 25.7 Å². The summed E-state index contributed by atoms with van der Waals surface area (Å²) in [5.74, 6) is -0.551. The Morgan fingerprint density at radius 3 is 1.83 bits per heavy atom. The quantitative estimate of drug-likeness (QED) is 0.0715. The SMILES string of the molecule is CCCCCCCCCCCCCCCC(=O)NCCOP(=O)(O)OCC(O)COC(=O)CCCC. The highest BCUT2D eigenvalue weighted by atomic mass is 31.2. The summed E-state index contributed by atoms with van der Waals surface area (Å²) in [6, 6.07) is 0. The molecule has 0 saturated carbocycles. The maximum absolute atomic E-state index is 11.9. The van der Waals surface area contributed by atoms with Gasteiger partial charge in [-0.05, 0) is 12.8 Å². The van der Waals surface area contributed by atoms with Gasteiger partial charge in [0.15, 0.2) is 0 Å². The van der Waals surface area contributed by atoms with Crippen molar-refractivity contribution in [2.45, 2.75) is 129 Å². The van der Waals surface area contributed by atoms with Crippen molar-refractivity contribution < 1.29 is 37.9 Å². The molecule has 0 fully saturated rings. The van der Waals surface area contributed by atoms with Gasteiger partial charge in [-0.15, -0.1) is 0 Å². The molecule has 0 aliphatic carbocycles. The second kappa shape index (κ2) is 24.4. The largest absolute Gasteiger partial charge is 0.472 e. The first-order valence-electron chi connectivity index (χ1n) is 14.0. The second-order valence-electron chi connectivity index (χ2n) is 9.38. The molecule has 1 amide bonds. The Bertz CT molecular complexity index is 590. The first-order chi connectivity index (χ1) is 17.3. The molecule has 36 heavy (non-hydrogen) atoms. The van der Waals surface area contributed by atoms with Crippen LogP contribution < -0.4 is 5.32 Å². The van der Waals surface area contributed by atoms with Crippen LogP contribution in [-0.2, 0) is 27.9 Å². The van der Waals surface area contributed by atoms with E-state index in [1.807, 2.05) is 6.92 Å². The maximum atomic E-state index is 11.9. The smallest absolute Gasteiger partial charge is 0.463 e. The third-order valence-corrected chi connectivity index (χ3v) is 6.77. The highest BCUT2D eigenvalue weighted by Crippen LogP contribution is 2.42. The van der Waals surface area contributed by atoms with E-state index >= 15 is 0 Å². The van der Waals surface area contributed by atoms with Crippen molar-refractivity contribution in [2.24, 2.45) is 0 Å². The summed E-state index contributed by atoms with van der Waals surface area (Å²) in [4.78, 5) is 32.9. The number of aliphatic hydroxyl groups excluding tert-OH is 1. The number of hydrogen-bond donors (Lipinski definition) is 3. The molecule has 0 bridgehead atoms. The molecule has 10 heteroatoms. The molecule has 0 aromatic rings. The second-order valence-corrected chi connectivity index (χ2v) is 10.8. The average Bonchev–Trinajstić information content (AvgIpc) is 2.85. The molecule has 3 N–H and O–H groups in total. The van der Waals surface area contributed by atoms with E-state index in [1.54, 1.807) is 0 Å². The molecule has 0 radical (unpaired) electrons. The molecule has 0 saturated heterocycles. The Morgan fingerprint density at radius 2 is 1.28 bits per heavy atom. The van der Waals surface area contributed by atoms with E-state index in [1.165, 1.54) is 64.2 Å². The number of nitrogens with one attached hydrogen (secondary N) is 1. The minimum atomic E-state index is -4.37. The van der Waals surface area contributed by atoms with Crippen LogP contribution in [0.3, 0.4) is 0 Å². The minimum Gasteiger partial charge on any atom is -0.463 e. The Hall–Kier alpha value is -0.990. The third kappa shape index (κ3) is 24.7. The number of carbonyl (C=O) groups excluding carboxylic acids is 2. The first-order valence-corrected chi connectivity index (χ1v) is 15.5. The van der Waals surface area contributed by atoms with E-state index in [-0.39, 0.29) is 32.1 Å². The van der Waals surface area contributed by atoms with Gasteiger partial charge in [0.1, 0.15) is 12.7 Å². The molecule has 0 aliphatic heterocycles. The van der Waals surface area contributed by atoms with Crippen LogP contribution >= 0.6 is 7.82 Å². The predicted octanol–water partition coefficient (Wildman–Crippen LogP) is 5.81.